The Balaban J connectivity index is 1.49. The summed E-state index contributed by atoms with van der Waals surface area (Å²) in [5.74, 6) is -5.14. The van der Waals surface area contributed by atoms with E-state index in [4.69, 9.17) is 15.4 Å². The molecule has 0 aliphatic carbocycles. The number of nitrogen functional groups attached to an aromatic ring is 1. The highest BCUT2D eigenvalue weighted by Crippen LogP contribution is 2.40. The Kier molecular flexibility index (Phi) is 8.62. The lowest BCUT2D eigenvalue weighted by atomic mass is 10.0. The minimum atomic E-state index is -1.81. The van der Waals surface area contributed by atoms with E-state index in [1.807, 2.05) is 0 Å². The Morgan fingerprint density at radius 2 is 2.02 bits per heavy atom. The van der Waals surface area contributed by atoms with Gasteiger partial charge in [-0.05, 0) is 13.8 Å². The third-order valence-corrected chi connectivity index (χ3v) is 7.91. The number of hydrogen-bond acceptors (Lipinski definition) is 15. The van der Waals surface area contributed by atoms with E-state index in [2.05, 4.69) is 20.6 Å². The van der Waals surface area contributed by atoms with E-state index in [9.17, 15) is 44.5 Å². The van der Waals surface area contributed by atoms with E-state index < -0.39 is 70.0 Å². The van der Waals surface area contributed by atoms with Gasteiger partial charge in [0.25, 0.3) is 11.8 Å². The summed E-state index contributed by atoms with van der Waals surface area (Å²) in [5.41, 5.74) is 2.25. The second kappa shape index (κ2) is 12.0. The Bertz CT molecular complexity index is 1650. The number of nitrogens with zero attached hydrogens (tertiary/aromatic N) is 5. The molecule has 7 N–H and O–H groups in total. The molecule has 0 unspecified atom stereocenters. The molecule has 1 fully saturated rings. The van der Waals surface area contributed by atoms with Crippen LogP contribution in [0.1, 0.15) is 25.2 Å². The summed E-state index contributed by atoms with van der Waals surface area (Å²) in [5, 5.41) is 48.6. The summed E-state index contributed by atoms with van der Waals surface area (Å²) in [7, 11) is 0. The number of aromatic hydroxyl groups is 1. The van der Waals surface area contributed by atoms with Crippen molar-refractivity contribution in [3.05, 3.63) is 50.5 Å². The third-order valence-electron chi connectivity index (χ3n) is 5.93. The number of hydrogen-bond donors (Lipinski definition) is 6. The Morgan fingerprint density at radius 3 is 2.65 bits per heavy atom. The van der Waals surface area contributed by atoms with Gasteiger partial charge in [0, 0.05) is 22.8 Å². The van der Waals surface area contributed by atoms with Gasteiger partial charge in [-0.2, -0.15) is 4.73 Å². The maximum absolute atomic E-state index is 13.2. The number of oxime groups is 2. The van der Waals surface area contributed by atoms with Crippen LogP contribution in [-0.2, 0) is 35.5 Å². The molecule has 2 atom stereocenters. The number of aliphatic carboxylic acids is 2. The van der Waals surface area contributed by atoms with Crippen LogP contribution in [0.25, 0.3) is 0 Å². The predicted molar refractivity (Wildman–Crippen MR) is 148 cm³/mol. The van der Waals surface area contributed by atoms with Gasteiger partial charge in [-0.15, -0.1) is 23.1 Å². The fourth-order valence-corrected chi connectivity index (χ4v) is 5.46. The number of rotatable bonds is 11. The first-order valence-electron chi connectivity index (χ1n) is 11.9. The van der Waals surface area contributed by atoms with Crippen LogP contribution in [0.15, 0.2) is 44.0 Å². The van der Waals surface area contributed by atoms with Gasteiger partial charge in [0.15, 0.2) is 23.2 Å². The second-order valence-electron chi connectivity index (χ2n) is 9.32. The first kappa shape index (κ1) is 30.8. The SMILES string of the molecule is CC(C)(O/N=C(\C(=O)N[C@@H]1C(=O)N2C(C(=O)O)=C(C=NOCc3cc(=O)c(O)cn3O)CS[C@H]12)c1csc(N)n1)C(=O)O. The molecule has 43 heavy (non-hydrogen) atoms. The van der Waals surface area contributed by atoms with Crippen LogP contribution in [0.2, 0.25) is 0 Å². The molecule has 2 aromatic rings. The first-order chi connectivity index (χ1) is 20.2. The molecule has 0 saturated carbocycles. The van der Waals surface area contributed by atoms with Gasteiger partial charge in [-0.25, -0.2) is 14.6 Å². The van der Waals surface area contributed by atoms with Crippen molar-refractivity contribution in [2.45, 2.75) is 37.5 Å². The molecule has 2 aliphatic heterocycles. The molecule has 0 bridgehead atoms. The zero-order valence-electron chi connectivity index (χ0n) is 22.2. The van der Waals surface area contributed by atoms with Gasteiger partial charge >= 0.3 is 11.9 Å². The van der Waals surface area contributed by atoms with Gasteiger partial charge in [0.2, 0.25) is 11.0 Å². The summed E-state index contributed by atoms with van der Waals surface area (Å²) >= 11 is 2.10. The lowest BCUT2D eigenvalue weighted by molar-refractivity contribution is -0.161. The number of carbonyl (C=O) groups is 4. The van der Waals surface area contributed by atoms with E-state index in [1.54, 1.807) is 0 Å². The predicted octanol–water partition coefficient (Wildman–Crippen LogP) is -0.645. The smallest absolute Gasteiger partial charge is 0.353 e. The fraction of sp³-hybridized carbons (Fsp3) is 0.304. The van der Waals surface area contributed by atoms with Crippen LogP contribution < -0.4 is 16.5 Å². The van der Waals surface area contributed by atoms with Crippen LogP contribution >= 0.6 is 23.1 Å². The summed E-state index contributed by atoms with van der Waals surface area (Å²) in [4.78, 5) is 76.2. The Hall–Kier alpha value is -5.11. The Morgan fingerprint density at radius 1 is 1.30 bits per heavy atom. The number of aromatic nitrogens is 2. The van der Waals surface area contributed by atoms with Crippen molar-refractivity contribution in [1.29, 1.82) is 0 Å². The van der Waals surface area contributed by atoms with Crippen molar-refractivity contribution >= 4 is 63.9 Å². The minimum absolute atomic E-state index is 0.0313. The molecule has 2 amide bonds. The van der Waals surface area contributed by atoms with Crippen molar-refractivity contribution in [3.8, 4) is 5.75 Å². The van der Waals surface area contributed by atoms with E-state index in [1.165, 1.54) is 19.2 Å². The maximum atomic E-state index is 13.2. The number of carboxylic acid groups (broad SMARTS) is 2. The van der Waals surface area contributed by atoms with E-state index in [0.717, 1.165) is 46.5 Å². The van der Waals surface area contributed by atoms with Gasteiger partial charge in [0.05, 0.1) is 12.4 Å². The lowest BCUT2D eigenvalue weighted by Gasteiger charge is -2.49. The number of amides is 2. The van der Waals surface area contributed by atoms with Crippen molar-refractivity contribution in [1.82, 2.24) is 19.9 Å². The summed E-state index contributed by atoms with van der Waals surface area (Å²) in [6, 6.07) is -0.259. The number of carbonyl (C=O) groups excluding carboxylic acids is 2. The van der Waals surface area contributed by atoms with E-state index in [0.29, 0.717) is 4.73 Å². The number of thiazole rings is 1. The molecule has 4 rings (SSSR count). The number of thioether (sulfide) groups is 1. The van der Waals surface area contributed by atoms with Gasteiger partial charge < -0.3 is 41.3 Å². The first-order valence-corrected chi connectivity index (χ1v) is 13.9. The topological polar surface area (TPSA) is 269 Å². The highest BCUT2D eigenvalue weighted by molar-refractivity contribution is 8.00. The van der Waals surface area contributed by atoms with Crippen molar-refractivity contribution < 1.29 is 49.4 Å². The molecular weight excluding hydrogens is 614 g/mol. The standard InChI is InChI=1S/C23H23N7O11S2/c1-23(2,21(37)38)41-28-14(11-8-43-22(24)26-11)17(33)27-15-18(34)30-16(20(35)36)9(7-42-19(15)30)4-25-40-6-10-3-12(31)13(32)5-29(10)39/h3-5,8,15,19,32,39H,6-7H2,1-2H3,(H2,24,26)(H,27,33)(H,35,36)(H,37,38)/b25-4?,28-14-/t15-,19-/m1/s1. The molecule has 20 heteroatoms. The quantitative estimate of drug-likeness (QED) is 0.0774. The largest absolute Gasteiger partial charge is 0.503 e. The fourth-order valence-electron chi connectivity index (χ4n) is 3.62. The van der Waals surface area contributed by atoms with Crippen molar-refractivity contribution in [3.63, 3.8) is 0 Å². The van der Waals surface area contributed by atoms with Crippen LogP contribution in [0.5, 0.6) is 5.75 Å². The normalized spacial score (nSPS) is 18.7. The monoisotopic (exact) mass is 637 g/mol. The summed E-state index contributed by atoms with van der Waals surface area (Å²) < 4.78 is 0.459. The molecular formula is C23H23N7O11S2. The molecule has 228 valence electrons. The molecule has 18 nitrogen and oxygen atoms in total. The molecule has 0 radical (unpaired) electrons. The van der Waals surface area contributed by atoms with Crippen molar-refractivity contribution in [2.75, 3.05) is 11.5 Å². The summed E-state index contributed by atoms with van der Waals surface area (Å²) in [6.07, 6.45) is 1.83. The highest BCUT2D eigenvalue weighted by atomic mass is 32.2. The number of nitrogens with one attached hydrogen (secondary N) is 1. The van der Waals surface area contributed by atoms with Gasteiger partial charge in [-0.3, -0.25) is 19.3 Å². The minimum Gasteiger partial charge on any atom is -0.503 e. The highest BCUT2D eigenvalue weighted by Gasteiger charge is 2.54. The molecule has 4 heterocycles. The number of fused-ring (bicyclic) bond motifs is 1. The van der Waals surface area contributed by atoms with Crippen molar-refractivity contribution in [2.24, 2.45) is 10.3 Å². The lowest BCUT2D eigenvalue weighted by Crippen LogP contribution is -2.71. The van der Waals surface area contributed by atoms with Crippen LogP contribution in [-0.4, -0.2) is 93.6 Å². The van der Waals surface area contributed by atoms with E-state index >= 15 is 0 Å². The van der Waals surface area contributed by atoms with Crippen LogP contribution in [0.4, 0.5) is 5.13 Å². The maximum Gasteiger partial charge on any atom is 0.353 e. The number of nitrogens with two attached hydrogens (primary N) is 1. The number of anilines is 1. The Labute approximate surface area is 248 Å². The molecule has 2 aliphatic rings. The average Bonchev–Trinajstić information content (AvgIpc) is 3.37. The molecule has 1 saturated heterocycles. The molecule has 0 spiro atoms. The van der Waals surface area contributed by atoms with Gasteiger partial charge in [-0.1, -0.05) is 10.3 Å². The number of pyridine rings is 1. The average molecular weight is 638 g/mol. The second-order valence-corrected chi connectivity index (χ2v) is 11.3. The number of carboxylic acids is 2. The number of β-lactam (4-membered cyclic amide) rings is 1. The third kappa shape index (κ3) is 6.38. The zero-order valence-corrected chi connectivity index (χ0v) is 23.8. The van der Waals surface area contributed by atoms with E-state index in [-0.39, 0.29) is 27.8 Å². The van der Waals surface area contributed by atoms with Crippen LogP contribution in [0, 0.1) is 0 Å². The molecule has 2 aromatic heterocycles. The zero-order chi connectivity index (χ0) is 31.6. The summed E-state index contributed by atoms with van der Waals surface area (Å²) in [6.45, 7) is 2.01. The van der Waals surface area contributed by atoms with Gasteiger partial charge in [0.1, 0.15) is 28.5 Å². The van der Waals surface area contributed by atoms with Crippen LogP contribution in [0.3, 0.4) is 0 Å². The molecule has 0 aromatic carbocycles.